The van der Waals surface area contributed by atoms with Gasteiger partial charge in [-0.3, -0.25) is 14.6 Å². The van der Waals surface area contributed by atoms with Crippen LogP contribution >= 0.6 is 23.2 Å². The van der Waals surface area contributed by atoms with E-state index in [0.29, 0.717) is 27.8 Å². The smallest absolute Gasteiger partial charge is 0.274 e. The second-order valence-electron chi connectivity index (χ2n) is 4.80. The minimum Gasteiger partial charge on any atom is -0.352 e. The Morgan fingerprint density at radius 3 is 2.43 bits per heavy atom. The van der Waals surface area contributed by atoms with Crippen molar-refractivity contribution in [1.29, 1.82) is 0 Å². The lowest BCUT2D eigenvalue weighted by Crippen LogP contribution is -2.24. The Balaban J connectivity index is 2.14. The summed E-state index contributed by atoms with van der Waals surface area (Å²) in [5.41, 5.74) is 0.961. The zero-order valence-corrected chi connectivity index (χ0v) is 13.9. The van der Waals surface area contributed by atoms with Gasteiger partial charge >= 0.3 is 0 Å². The standard InChI is InChI=1S/C16H15Cl2N3O2/c1-2-4-20-15(22)10-3-5-19-14(6-10)16(23)21-13-8-11(17)7-12(18)9-13/h3,5-9H,2,4H2,1H3,(H,20,22)(H,21,23). The van der Waals surface area contributed by atoms with E-state index in [1.807, 2.05) is 6.92 Å². The number of nitrogens with one attached hydrogen (secondary N) is 2. The zero-order valence-electron chi connectivity index (χ0n) is 12.4. The van der Waals surface area contributed by atoms with Crippen molar-refractivity contribution in [3.8, 4) is 0 Å². The van der Waals surface area contributed by atoms with Crippen molar-refractivity contribution in [2.75, 3.05) is 11.9 Å². The summed E-state index contributed by atoms with van der Waals surface area (Å²) in [5, 5.41) is 6.21. The summed E-state index contributed by atoms with van der Waals surface area (Å²) in [4.78, 5) is 28.1. The molecule has 2 amide bonds. The molecule has 2 N–H and O–H groups in total. The van der Waals surface area contributed by atoms with E-state index < -0.39 is 5.91 Å². The van der Waals surface area contributed by atoms with Crippen LogP contribution in [0.4, 0.5) is 5.69 Å². The molecule has 0 aliphatic heterocycles. The van der Waals surface area contributed by atoms with Crippen LogP contribution in [-0.2, 0) is 0 Å². The third-order valence-corrected chi connectivity index (χ3v) is 3.35. The average molecular weight is 352 g/mol. The van der Waals surface area contributed by atoms with Gasteiger partial charge in [-0.15, -0.1) is 0 Å². The third kappa shape index (κ3) is 4.94. The van der Waals surface area contributed by atoms with Crippen molar-refractivity contribution in [2.45, 2.75) is 13.3 Å². The Morgan fingerprint density at radius 1 is 1.09 bits per heavy atom. The van der Waals surface area contributed by atoms with E-state index in [2.05, 4.69) is 15.6 Å². The molecule has 23 heavy (non-hydrogen) atoms. The number of amides is 2. The summed E-state index contributed by atoms with van der Waals surface area (Å²) in [7, 11) is 0. The van der Waals surface area contributed by atoms with Crippen LogP contribution < -0.4 is 10.6 Å². The SMILES string of the molecule is CCCNC(=O)c1ccnc(C(=O)Nc2cc(Cl)cc(Cl)c2)c1. The maximum Gasteiger partial charge on any atom is 0.274 e. The van der Waals surface area contributed by atoms with Crippen LogP contribution in [0.5, 0.6) is 0 Å². The molecule has 0 atom stereocenters. The van der Waals surface area contributed by atoms with Gasteiger partial charge in [0.2, 0.25) is 0 Å². The number of halogens is 2. The van der Waals surface area contributed by atoms with Crippen molar-refractivity contribution < 1.29 is 9.59 Å². The van der Waals surface area contributed by atoms with Gasteiger partial charge in [0, 0.05) is 34.0 Å². The summed E-state index contributed by atoms with van der Waals surface area (Å²) in [6.07, 6.45) is 2.25. The lowest BCUT2D eigenvalue weighted by molar-refractivity contribution is 0.0953. The van der Waals surface area contributed by atoms with Crippen molar-refractivity contribution in [2.24, 2.45) is 0 Å². The van der Waals surface area contributed by atoms with Gasteiger partial charge in [-0.2, -0.15) is 0 Å². The monoisotopic (exact) mass is 351 g/mol. The van der Waals surface area contributed by atoms with E-state index in [9.17, 15) is 9.59 Å². The maximum atomic E-state index is 12.2. The average Bonchev–Trinajstić information content (AvgIpc) is 2.51. The van der Waals surface area contributed by atoms with Crippen LogP contribution in [0, 0.1) is 0 Å². The first kappa shape index (κ1) is 17.2. The summed E-state index contributed by atoms with van der Waals surface area (Å²) in [6.45, 7) is 2.53. The molecule has 5 nitrogen and oxygen atoms in total. The Labute approximate surface area is 144 Å². The third-order valence-electron chi connectivity index (χ3n) is 2.91. The number of rotatable bonds is 5. The largest absolute Gasteiger partial charge is 0.352 e. The minimum atomic E-state index is -0.450. The highest BCUT2D eigenvalue weighted by Gasteiger charge is 2.12. The maximum absolute atomic E-state index is 12.2. The van der Waals surface area contributed by atoms with Crippen molar-refractivity contribution in [3.05, 3.63) is 57.8 Å². The van der Waals surface area contributed by atoms with Gasteiger partial charge in [-0.25, -0.2) is 0 Å². The van der Waals surface area contributed by atoms with E-state index in [0.717, 1.165) is 6.42 Å². The normalized spacial score (nSPS) is 10.2. The summed E-state index contributed by atoms with van der Waals surface area (Å²) >= 11 is 11.8. The van der Waals surface area contributed by atoms with Gasteiger partial charge in [0.15, 0.2) is 0 Å². The molecule has 0 bridgehead atoms. The molecule has 1 aromatic heterocycles. The van der Waals surface area contributed by atoms with E-state index in [-0.39, 0.29) is 11.6 Å². The molecular weight excluding hydrogens is 337 g/mol. The lowest BCUT2D eigenvalue weighted by atomic mass is 10.2. The Bertz CT molecular complexity index is 715. The van der Waals surface area contributed by atoms with Crippen LogP contribution in [0.1, 0.15) is 34.2 Å². The lowest BCUT2D eigenvalue weighted by Gasteiger charge is -2.07. The molecule has 0 spiro atoms. The van der Waals surface area contributed by atoms with Crippen molar-refractivity contribution in [3.63, 3.8) is 0 Å². The number of pyridine rings is 1. The number of aromatic nitrogens is 1. The number of nitrogens with zero attached hydrogens (tertiary/aromatic N) is 1. The fraction of sp³-hybridized carbons (Fsp3) is 0.188. The minimum absolute atomic E-state index is 0.130. The first-order chi connectivity index (χ1) is 11.0. The number of carbonyl (C=O) groups excluding carboxylic acids is 2. The van der Waals surface area contributed by atoms with Gasteiger partial charge < -0.3 is 10.6 Å². The van der Waals surface area contributed by atoms with Crippen LogP contribution in [0.15, 0.2) is 36.5 Å². The predicted molar refractivity (Wildman–Crippen MR) is 91.3 cm³/mol. The van der Waals surface area contributed by atoms with Gasteiger partial charge in [-0.1, -0.05) is 30.1 Å². The van der Waals surface area contributed by atoms with Gasteiger partial charge in [0.1, 0.15) is 5.69 Å². The molecule has 7 heteroatoms. The van der Waals surface area contributed by atoms with E-state index >= 15 is 0 Å². The first-order valence-corrected chi connectivity index (χ1v) is 7.77. The van der Waals surface area contributed by atoms with Gasteiger partial charge in [-0.05, 0) is 36.8 Å². The molecule has 0 radical (unpaired) electrons. The molecule has 0 aliphatic rings. The van der Waals surface area contributed by atoms with Crippen molar-refractivity contribution in [1.82, 2.24) is 10.3 Å². The van der Waals surface area contributed by atoms with E-state index in [1.165, 1.54) is 12.3 Å². The summed E-state index contributed by atoms with van der Waals surface area (Å²) in [6, 6.07) is 7.70. The summed E-state index contributed by atoms with van der Waals surface area (Å²) < 4.78 is 0. The van der Waals surface area contributed by atoms with Crippen LogP contribution in [0.3, 0.4) is 0 Å². The van der Waals surface area contributed by atoms with Crippen LogP contribution in [0.25, 0.3) is 0 Å². The number of hydrogen-bond donors (Lipinski definition) is 2. The molecule has 0 saturated carbocycles. The quantitative estimate of drug-likeness (QED) is 0.860. The van der Waals surface area contributed by atoms with Crippen LogP contribution in [-0.4, -0.2) is 23.3 Å². The highest BCUT2D eigenvalue weighted by Crippen LogP contribution is 2.22. The second kappa shape index (κ2) is 7.94. The fourth-order valence-electron chi connectivity index (χ4n) is 1.86. The Hall–Kier alpha value is -2.11. The topological polar surface area (TPSA) is 71.1 Å². The molecule has 120 valence electrons. The molecule has 2 aromatic rings. The first-order valence-electron chi connectivity index (χ1n) is 7.01. The molecule has 2 rings (SSSR count). The van der Waals surface area contributed by atoms with E-state index in [1.54, 1.807) is 24.3 Å². The molecule has 0 unspecified atom stereocenters. The van der Waals surface area contributed by atoms with Crippen LogP contribution in [0.2, 0.25) is 10.0 Å². The van der Waals surface area contributed by atoms with Crippen molar-refractivity contribution >= 4 is 40.7 Å². The number of benzene rings is 1. The Morgan fingerprint density at radius 2 is 1.78 bits per heavy atom. The fourth-order valence-corrected chi connectivity index (χ4v) is 2.38. The van der Waals surface area contributed by atoms with E-state index in [4.69, 9.17) is 23.2 Å². The molecule has 0 fully saturated rings. The highest BCUT2D eigenvalue weighted by atomic mass is 35.5. The second-order valence-corrected chi connectivity index (χ2v) is 5.67. The number of hydrogen-bond acceptors (Lipinski definition) is 3. The zero-order chi connectivity index (χ0) is 16.8. The molecule has 0 aliphatic carbocycles. The molecule has 0 saturated heterocycles. The molecule has 1 aromatic carbocycles. The Kier molecular flexibility index (Phi) is 5.96. The predicted octanol–water partition coefficient (Wildman–Crippen LogP) is 3.78. The van der Waals surface area contributed by atoms with Gasteiger partial charge in [0.25, 0.3) is 11.8 Å². The summed E-state index contributed by atoms with van der Waals surface area (Å²) in [5.74, 6) is -0.692. The number of anilines is 1. The van der Waals surface area contributed by atoms with Gasteiger partial charge in [0.05, 0.1) is 0 Å². The number of carbonyl (C=O) groups is 2. The highest BCUT2D eigenvalue weighted by molar-refractivity contribution is 6.35. The molecular formula is C16H15Cl2N3O2. The molecule has 1 heterocycles.